The summed E-state index contributed by atoms with van der Waals surface area (Å²) in [7, 11) is 0. The van der Waals surface area contributed by atoms with E-state index in [2.05, 4.69) is 15.4 Å². The number of carbonyl (C=O) groups excluding carboxylic acids is 1. The number of nitrogens with zero attached hydrogens (tertiary/aromatic N) is 2. The van der Waals surface area contributed by atoms with E-state index in [0.717, 1.165) is 30.7 Å². The highest BCUT2D eigenvalue weighted by Gasteiger charge is 2.44. The fourth-order valence-corrected chi connectivity index (χ4v) is 3.24. The molecule has 1 unspecified atom stereocenters. The molecule has 32 heavy (non-hydrogen) atoms. The smallest absolute Gasteiger partial charge is 0.298 e. The van der Waals surface area contributed by atoms with Crippen LogP contribution in [-0.2, 0) is 5.92 Å². The molecule has 1 heterocycles. The van der Waals surface area contributed by atoms with Gasteiger partial charge in [0.25, 0.3) is 5.92 Å². The van der Waals surface area contributed by atoms with Crippen LogP contribution in [0.15, 0.2) is 65.9 Å². The number of ketones is 1. The molecule has 2 aromatic carbocycles. The minimum Gasteiger partial charge on any atom is -0.374 e. The molecular weight excluding hydrogens is 448 g/mol. The zero-order valence-electron chi connectivity index (χ0n) is 16.4. The number of pyridine rings is 1. The third-order valence-electron chi connectivity index (χ3n) is 4.74. The fraction of sp³-hybridized carbons (Fsp3) is 0.136. The molecule has 1 aromatic heterocycles. The van der Waals surface area contributed by atoms with Crippen LogP contribution in [0, 0.1) is 11.6 Å². The van der Waals surface area contributed by atoms with Crippen molar-refractivity contribution in [3.05, 3.63) is 99.8 Å². The first-order chi connectivity index (χ1) is 15.2. The molecule has 0 aliphatic carbocycles. The highest BCUT2D eigenvalue weighted by atomic mass is 35.5. The number of hydrogen-bond acceptors (Lipinski definition) is 4. The minimum atomic E-state index is -3.68. The Kier molecular flexibility index (Phi) is 7.09. The van der Waals surface area contributed by atoms with Gasteiger partial charge < -0.3 is 11.2 Å². The van der Waals surface area contributed by atoms with Crippen LogP contribution in [0.25, 0.3) is 0 Å². The predicted molar refractivity (Wildman–Crippen MR) is 113 cm³/mol. The number of halogens is 5. The van der Waals surface area contributed by atoms with E-state index in [1.54, 1.807) is 0 Å². The van der Waals surface area contributed by atoms with Crippen LogP contribution < -0.4 is 11.2 Å². The predicted octanol–water partition coefficient (Wildman–Crippen LogP) is 4.61. The molecule has 0 bridgehead atoms. The van der Waals surface area contributed by atoms with E-state index in [1.165, 1.54) is 30.3 Å². The van der Waals surface area contributed by atoms with Gasteiger partial charge in [-0.1, -0.05) is 17.7 Å². The largest absolute Gasteiger partial charge is 0.374 e. The van der Waals surface area contributed by atoms with E-state index in [-0.39, 0.29) is 5.56 Å². The summed E-state index contributed by atoms with van der Waals surface area (Å²) in [4.78, 5) is 16.3. The molecule has 0 aliphatic heterocycles. The van der Waals surface area contributed by atoms with Crippen molar-refractivity contribution < 1.29 is 22.4 Å². The van der Waals surface area contributed by atoms with Gasteiger partial charge in [-0.3, -0.25) is 9.78 Å². The average Bonchev–Trinajstić information content (AvgIpc) is 2.77. The zero-order valence-corrected chi connectivity index (χ0v) is 17.2. The quantitative estimate of drug-likeness (QED) is 0.127. The summed E-state index contributed by atoms with van der Waals surface area (Å²) < 4.78 is 58.3. The van der Waals surface area contributed by atoms with Gasteiger partial charge in [-0.2, -0.15) is 13.9 Å². The Hall–Kier alpha value is -3.46. The first-order valence-corrected chi connectivity index (χ1v) is 9.66. The molecule has 0 saturated heterocycles. The summed E-state index contributed by atoms with van der Waals surface area (Å²) in [6.45, 7) is -0.469. The molecule has 0 fully saturated rings. The summed E-state index contributed by atoms with van der Waals surface area (Å²) in [5.41, 5.74) is -0.708. The van der Waals surface area contributed by atoms with Crippen molar-refractivity contribution in [3.8, 4) is 0 Å². The second-order valence-corrected chi connectivity index (χ2v) is 7.23. The van der Waals surface area contributed by atoms with Crippen molar-refractivity contribution in [2.45, 2.75) is 11.8 Å². The normalized spacial score (nSPS) is 12.7. The molecule has 3 N–H and O–H groups in total. The molecular formula is C22H17ClF4N4O. The van der Waals surface area contributed by atoms with Crippen LogP contribution in [0.2, 0.25) is 5.02 Å². The molecule has 1 atom stereocenters. The number of alkyl halides is 2. The topological polar surface area (TPSA) is 80.4 Å². The van der Waals surface area contributed by atoms with Gasteiger partial charge in [0.15, 0.2) is 5.78 Å². The average molecular weight is 465 g/mol. The summed E-state index contributed by atoms with van der Waals surface area (Å²) >= 11 is 5.80. The van der Waals surface area contributed by atoms with E-state index < -0.39 is 47.1 Å². The number of rotatable bonds is 8. The lowest BCUT2D eigenvalue weighted by atomic mass is 9.89. The Bertz CT molecular complexity index is 1120. The van der Waals surface area contributed by atoms with Crippen molar-refractivity contribution >= 4 is 23.7 Å². The Morgan fingerprint density at radius 1 is 1.12 bits per heavy atom. The first kappa shape index (κ1) is 23.2. The maximum absolute atomic E-state index is 15.4. The van der Waals surface area contributed by atoms with E-state index in [1.807, 2.05) is 0 Å². The monoisotopic (exact) mass is 464 g/mol. The van der Waals surface area contributed by atoms with Crippen LogP contribution in [0.3, 0.4) is 0 Å². The van der Waals surface area contributed by atoms with E-state index in [9.17, 15) is 13.6 Å². The van der Waals surface area contributed by atoms with Gasteiger partial charge in [-0.25, -0.2) is 8.78 Å². The molecule has 0 radical (unpaired) electrons. The molecule has 0 amide bonds. The lowest BCUT2D eigenvalue weighted by molar-refractivity contribution is -0.0377. The first-order valence-electron chi connectivity index (χ1n) is 9.28. The van der Waals surface area contributed by atoms with Crippen LogP contribution in [-0.4, -0.2) is 23.7 Å². The van der Waals surface area contributed by atoms with Gasteiger partial charge in [0, 0.05) is 35.0 Å². The summed E-state index contributed by atoms with van der Waals surface area (Å²) in [6, 6.07) is 10.6. The van der Waals surface area contributed by atoms with Gasteiger partial charge in [-0.15, -0.1) is 0 Å². The molecule has 3 aromatic rings. The van der Waals surface area contributed by atoms with Crippen molar-refractivity contribution in [3.63, 3.8) is 0 Å². The third-order valence-corrected chi connectivity index (χ3v) is 4.99. The van der Waals surface area contributed by atoms with E-state index >= 15 is 8.78 Å². The number of aromatic nitrogens is 1. The molecule has 0 saturated carbocycles. The van der Waals surface area contributed by atoms with E-state index in [4.69, 9.17) is 17.4 Å². The lowest BCUT2D eigenvalue weighted by Crippen LogP contribution is -2.34. The van der Waals surface area contributed by atoms with Crippen molar-refractivity contribution in [1.82, 2.24) is 10.3 Å². The van der Waals surface area contributed by atoms with Gasteiger partial charge in [0.1, 0.15) is 23.7 Å². The third kappa shape index (κ3) is 5.05. The number of hydrogen-bond donors (Lipinski definition) is 2. The van der Waals surface area contributed by atoms with Crippen molar-refractivity contribution in [2.24, 2.45) is 10.9 Å². The Balaban J connectivity index is 1.93. The Morgan fingerprint density at radius 3 is 2.41 bits per heavy atom. The van der Waals surface area contributed by atoms with Gasteiger partial charge in [0.05, 0.1) is 5.92 Å². The van der Waals surface area contributed by atoms with E-state index in [0.29, 0.717) is 16.7 Å². The highest BCUT2D eigenvalue weighted by Crippen LogP contribution is 2.42. The van der Waals surface area contributed by atoms with Gasteiger partial charge in [-0.05, 0) is 48.0 Å². The number of nitrogens with one attached hydrogen (secondary N) is 1. The second kappa shape index (κ2) is 9.78. The maximum atomic E-state index is 15.4. The van der Waals surface area contributed by atoms with Crippen molar-refractivity contribution in [1.29, 1.82) is 0 Å². The minimum absolute atomic E-state index is 0.0878. The summed E-state index contributed by atoms with van der Waals surface area (Å²) in [6.07, 6.45) is 2.00. The molecule has 0 spiro atoms. The summed E-state index contributed by atoms with van der Waals surface area (Å²) in [5, 5.41) is 6.07. The van der Waals surface area contributed by atoms with Crippen LogP contribution in [0.4, 0.5) is 17.6 Å². The van der Waals surface area contributed by atoms with Gasteiger partial charge >= 0.3 is 0 Å². The van der Waals surface area contributed by atoms with Crippen molar-refractivity contribution in [2.75, 3.05) is 6.54 Å². The maximum Gasteiger partial charge on any atom is 0.298 e. The molecule has 3 rings (SSSR count). The molecule has 0 aliphatic rings. The fourth-order valence-electron chi connectivity index (χ4n) is 3.11. The van der Waals surface area contributed by atoms with Crippen LogP contribution >= 0.6 is 11.6 Å². The number of benzene rings is 2. The lowest BCUT2D eigenvalue weighted by Gasteiger charge is -2.27. The highest BCUT2D eigenvalue weighted by molar-refractivity contribution is 6.30. The number of hydrazone groups is 1. The SMILES string of the molecule is N/N=C\NCC(c1ccc(F)cc1F)C(F)(F)c1ccc(C(=O)c2ccc(Cl)cc2)cn1. The standard InChI is InChI=1S/C22H17ClF4N4O/c23-15-4-1-13(2-5-15)21(32)14-3-8-20(30-10-14)22(26,27)18(11-29-12-31-28)17-7-6-16(24)9-19(17)25/h1-10,12,18H,11,28H2,(H,29,31). The van der Waals surface area contributed by atoms with Crippen LogP contribution in [0.1, 0.15) is 33.1 Å². The Labute approximate surface area is 185 Å². The number of nitrogens with two attached hydrogens (primary N) is 1. The molecule has 166 valence electrons. The Morgan fingerprint density at radius 2 is 1.81 bits per heavy atom. The number of carbonyl (C=O) groups is 1. The molecule has 10 heteroatoms. The van der Waals surface area contributed by atoms with Crippen LogP contribution in [0.5, 0.6) is 0 Å². The second-order valence-electron chi connectivity index (χ2n) is 6.80. The molecule has 5 nitrogen and oxygen atoms in total. The zero-order chi connectivity index (χ0) is 23.3. The van der Waals surface area contributed by atoms with Gasteiger partial charge in [0.2, 0.25) is 0 Å². The summed E-state index contributed by atoms with van der Waals surface area (Å²) in [5.74, 6) is -2.94.